The number of esters is 1. The first-order chi connectivity index (χ1) is 51.8. The summed E-state index contributed by atoms with van der Waals surface area (Å²) in [5, 5.41) is 3.15. The molecule has 7 aromatic rings. The summed E-state index contributed by atoms with van der Waals surface area (Å²) in [6.45, 7) is 11.0. The van der Waals surface area contributed by atoms with E-state index in [-0.39, 0.29) is 11.9 Å². The van der Waals surface area contributed by atoms with Gasteiger partial charge in [0.2, 0.25) is 0 Å². The van der Waals surface area contributed by atoms with Crippen molar-refractivity contribution in [2.75, 3.05) is 31.7 Å². The monoisotopic (exact) mass is 1410 g/mol. The van der Waals surface area contributed by atoms with Gasteiger partial charge in [-0.2, -0.15) is 0 Å². The molecule has 0 atom stereocenters. The third-order valence-electron chi connectivity index (χ3n) is 20.5. The molecule has 4 aliphatic rings. The molecular weight excluding hydrogens is 1300 g/mol. The number of nitrogens with one attached hydrogen (secondary N) is 3. The molecule has 1 amide bonds. The number of rotatable bonds is 44. The lowest BCUT2D eigenvalue weighted by molar-refractivity contribution is 0.0526. The average Bonchev–Trinajstić information content (AvgIpc) is 1.61. The third kappa shape index (κ3) is 22.3. The summed E-state index contributed by atoms with van der Waals surface area (Å²) in [6, 6.07) is 53.0. The molecule has 8 bridgehead atoms. The highest BCUT2D eigenvalue weighted by atomic mass is 16.5. The van der Waals surface area contributed by atoms with Gasteiger partial charge in [0, 0.05) is 55.6 Å². The van der Waals surface area contributed by atoms with E-state index >= 15 is 0 Å². The quantitative estimate of drug-likeness (QED) is 0.0253. The fourth-order valence-electron chi connectivity index (χ4n) is 14.6. The molecule has 2 aliphatic carbocycles. The Morgan fingerprint density at radius 3 is 0.886 bits per heavy atom. The maximum absolute atomic E-state index is 14.0. The number of H-pyrrole nitrogens is 2. The zero-order chi connectivity index (χ0) is 72.6. The van der Waals surface area contributed by atoms with E-state index in [0.29, 0.717) is 43.2 Å². The van der Waals surface area contributed by atoms with Crippen LogP contribution in [0.15, 0.2) is 158 Å². The molecule has 3 aromatic heterocycles. The van der Waals surface area contributed by atoms with Crippen molar-refractivity contribution in [3.05, 3.63) is 192 Å². The minimum atomic E-state index is -0.382. The molecule has 5 heterocycles. The highest BCUT2D eigenvalue weighted by Crippen LogP contribution is 2.40. The van der Waals surface area contributed by atoms with Gasteiger partial charge in [-0.25, -0.2) is 14.8 Å². The van der Waals surface area contributed by atoms with Crippen molar-refractivity contribution < 1.29 is 28.5 Å². The molecule has 0 spiro atoms. The van der Waals surface area contributed by atoms with Gasteiger partial charge in [0.25, 0.3) is 5.91 Å². The Labute approximate surface area is 625 Å². The van der Waals surface area contributed by atoms with Crippen LogP contribution in [0.25, 0.3) is 102 Å². The SMILES string of the molecule is CCCCCCCCCCCCOc1ccc(-c2c3nc(c(-c4ccc(OCCCCCCCCCCCC)cc4)c4ccc([nH]4)c(-c4ccc(OCCCCCCCCCCCC)cc4)c4nc(c(-c5ccc(NC(=O)c6cc7ccc(C(=O)OCC)ccc-7c6)cc5)c5ccc2[nH]5)C=C4)C=C3)cc1. The van der Waals surface area contributed by atoms with E-state index in [4.69, 9.17) is 28.9 Å². The standard InChI is InChI=1S/C94H113N5O6/c1-5-9-12-15-18-21-24-27-30-33-64-103-78-50-42-70(43-51-78)90-83-58-56-81(96-83)89(69-40-48-77(49-41-69)95-93(100)76-67-74-38-36-73(94(101)102-8-4)37-39-75(74)68-76)82-57-59-84(97-82)91(71-44-52-79(53-45-71)104-65-34-31-28-25-22-19-16-13-10-6-2)86-61-63-88(99-86)92(87-62-60-85(90)98-87)72-46-54-80(55-47-72)105-66-35-32-29-26-23-20-17-14-11-7-3/h36-63,67-68,96,99H,5-35,64-66H2,1-4H3,(H,95,100). The summed E-state index contributed by atoms with van der Waals surface area (Å²) in [5.41, 5.74) is 17.7. The minimum absolute atomic E-state index is 0.242. The van der Waals surface area contributed by atoms with Crippen LogP contribution in [0.1, 0.15) is 264 Å². The van der Waals surface area contributed by atoms with E-state index in [9.17, 15) is 9.59 Å². The first-order valence-electron chi connectivity index (χ1n) is 40.3. The fourth-order valence-corrected chi connectivity index (χ4v) is 14.6. The van der Waals surface area contributed by atoms with E-state index < -0.39 is 0 Å². The normalized spacial score (nSPS) is 11.8. The topological polar surface area (TPSA) is 140 Å². The number of benzene rings is 4. The molecule has 0 saturated heterocycles. The number of aromatic amines is 2. The number of carbonyl (C=O) groups is 2. The molecule has 0 unspecified atom stereocenters. The second kappa shape index (κ2) is 41.3. The number of hydrogen-bond acceptors (Lipinski definition) is 8. The van der Waals surface area contributed by atoms with E-state index in [0.717, 1.165) is 137 Å². The second-order valence-electron chi connectivity index (χ2n) is 28.7. The lowest BCUT2D eigenvalue weighted by Gasteiger charge is -2.10. The lowest BCUT2D eigenvalue weighted by Crippen LogP contribution is -2.10. The number of carbonyl (C=O) groups excluding carboxylic acids is 2. The van der Waals surface area contributed by atoms with Crippen LogP contribution in [0.3, 0.4) is 0 Å². The van der Waals surface area contributed by atoms with Crippen LogP contribution >= 0.6 is 0 Å². The Morgan fingerprint density at radius 2 is 0.590 bits per heavy atom. The zero-order valence-electron chi connectivity index (χ0n) is 63.2. The van der Waals surface area contributed by atoms with E-state index in [1.54, 1.807) is 19.1 Å². The van der Waals surface area contributed by atoms with Crippen molar-refractivity contribution in [3.63, 3.8) is 0 Å². The fraction of sp³-hybridized carbons (Fsp3) is 0.404. The van der Waals surface area contributed by atoms with Crippen LogP contribution in [0.4, 0.5) is 5.69 Å². The summed E-state index contributed by atoms with van der Waals surface area (Å²) >= 11 is 0. The first-order valence-corrected chi connectivity index (χ1v) is 40.3. The third-order valence-corrected chi connectivity index (χ3v) is 20.5. The Bertz CT molecular complexity index is 4290. The molecule has 0 fully saturated rings. The molecule has 3 N–H and O–H groups in total. The average molecular weight is 1410 g/mol. The molecule has 11 rings (SSSR count). The van der Waals surface area contributed by atoms with Gasteiger partial charge in [-0.15, -0.1) is 0 Å². The van der Waals surface area contributed by atoms with Crippen LogP contribution in [0.2, 0.25) is 0 Å². The van der Waals surface area contributed by atoms with Crippen LogP contribution in [-0.4, -0.2) is 58.2 Å². The van der Waals surface area contributed by atoms with Crippen molar-refractivity contribution in [2.45, 2.75) is 220 Å². The Balaban J connectivity index is 0.949. The summed E-state index contributed by atoms with van der Waals surface area (Å²) in [6.07, 6.45) is 46.9. The van der Waals surface area contributed by atoms with E-state index in [2.05, 4.69) is 157 Å². The molecule has 0 saturated carbocycles. The van der Waals surface area contributed by atoms with Gasteiger partial charge in [-0.05, 0) is 181 Å². The summed E-state index contributed by atoms with van der Waals surface area (Å²) < 4.78 is 24.5. The van der Waals surface area contributed by atoms with Crippen LogP contribution in [-0.2, 0) is 4.74 Å². The molecular formula is C94H113N5O6. The molecule has 11 nitrogen and oxygen atoms in total. The Morgan fingerprint density at radius 1 is 0.314 bits per heavy atom. The summed E-state index contributed by atoms with van der Waals surface area (Å²) in [7, 11) is 0. The number of amides is 1. The van der Waals surface area contributed by atoms with Crippen LogP contribution in [0, 0.1) is 0 Å². The van der Waals surface area contributed by atoms with Gasteiger partial charge in [-0.3, -0.25) is 4.79 Å². The van der Waals surface area contributed by atoms with Gasteiger partial charge in [0.15, 0.2) is 0 Å². The van der Waals surface area contributed by atoms with E-state index in [1.807, 2.05) is 48.5 Å². The van der Waals surface area contributed by atoms with E-state index in [1.165, 1.54) is 173 Å². The Kier molecular flexibility index (Phi) is 30.1. The number of fused-ring (bicyclic) bond motifs is 9. The van der Waals surface area contributed by atoms with Crippen LogP contribution < -0.4 is 19.5 Å². The number of nitrogens with zero attached hydrogens (tertiary/aromatic N) is 2. The van der Waals surface area contributed by atoms with Crippen LogP contribution in [0.5, 0.6) is 17.2 Å². The zero-order valence-corrected chi connectivity index (χ0v) is 63.2. The predicted molar refractivity (Wildman–Crippen MR) is 440 cm³/mol. The van der Waals surface area contributed by atoms with Gasteiger partial charge >= 0.3 is 5.97 Å². The van der Waals surface area contributed by atoms with Gasteiger partial charge in [0.1, 0.15) is 17.2 Å². The van der Waals surface area contributed by atoms with Crippen molar-refractivity contribution in [3.8, 4) is 72.9 Å². The molecule has 2 aliphatic heterocycles. The molecule has 4 aromatic carbocycles. The second-order valence-corrected chi connectivity index (χ2v) is 28.7. The highest BCUT2D eigenvalue weighted by molar-refractivity contribution is 6.07. The largest absolute Gasteiger partial charge is 0.494 e. The molecule has 11 heteroatoms. The van der Waals surface area contributed by atoms with Gasteiger partial charge in [0.05, 0.1) is 54.8 Å². The maximum Gasteiger partial charge on any atom is 0.338 e. The molecule has 0 radical (unpaired) electrons. The minimum Gasteiger partial charge on any atom is -0.494 e. The summed E-state index contributed by atoms with van der Waals surface area (Å²) in [5.74, 6) is 1.92. The van der Waals surface area contributed by atoms with Crippen molar-refractivity contribution in [2.24, 2.45) is 0 Å². The van der Waals surface area contributed by atoms with Crippen molar-refractivity contribution >= 4 is 63.9 Å². The predicted octanol–water partition coefficient (Wildman–Crippen LogP) is 26.8. The summed E-state index contributed by atoms with van der Waals surface area (Å²) in [4.78, 5) is 45.7. The molecule has 105 heavy (non-hydrogen) atoms. The number of ether oxygens (including phenoxy) is 4. The molecule has 550 valence electrons. The number of aromatic nitrogens is 4. The Hall–Kier alpha value is -9.48. The number of anilines is 1. The first kappa shape index (κ1) is 76.6. The lowest BCUT2D eigenvalue weighted by atomic mass is 10.0. The number of unbranched alkanes of at least 4 members (excludes halogenated alkanes) is 27. The highest BCUT2D eigenvalue weighted by Gasteiger charge is 2.21. The van der Waals surface area contributed by atoms with Crippen molar-refractivity contribution in [1.82, 2.24) is 19.9 Å². The van der Waals surface area contributed by atoms with Gasteiger partial charge < -0.3 is 34.2 Å². The smallest absolute Gasteiger partial charge is 0.338 e. The van der Waals surface area contributed by atoms with Gasteiger partial charge in [-0.1, -0.05) is 255 Å². The number of hydrogen-bond donors (Lipinski definition) is 3. The maximum atomic E-state index is 14.0. The van der Waals surface area contributed by atoms with Crippen molar-refractivity contribution in [1.29, 1.82) is 0 Å².